The average molecular weight is 266 g/mol. The summed E-state index contributed by atoms with van der Waals surface area (Å²) in [4.78, 5) is 6.28. The fourth-order valence-corrected chi connectivity index (χ4v) is 3.64. The summed E-state index contributed by atoms with van der Waals surface area (Å²) in [6.07, 6.45) is 6.55. The quantitative estimate of drug-likeness (QED) is 0.890. The molecule has 1 N–H and O–H groups in total. The van der Waals surface area contributed by atoms with E-state index in [-0.39, 0.29) is 5.41 Å². The minimum atomic E-state index is 0.181. The molecule has 0 aromatic carbocycles. The second-order valence-electron chi connectivity index (χ2n) is 6.35. The van der Waals surface area contributed by atoms with Crippen LogP contribution in [-0.2, 0) is 18.4 Å². The molecule has 0 bridgehead atoms. The van der Waals surface area contributed by atoms with Gasteiger partial charge in [-0.15, -0.1) is 11.3 Å². The average Bonchev–Trinajstić information content (AvgIpc) is 2.94. The van der Waals surface area contributed by atoms with Crippen molar-refractivity contribution < 1.29 is 0 Å². The lowest BCUT2D eigenvalue weighted by atomic mass is 9.98. The van der Waals surface area contributed by atoms with Gasteiger partial charge in [-0.3, -0.25) is 0 Å². The van der Waals surface area contributed by atoms with Gasteiger partial charge in [0.1, 0.15) is 0 Å². The number of thiazole rings is 1. The monoisotopic (exact) mass is 266 g/mol. The van der Waals surface area contributed by atoms with Crippen molar-refractivity contribution >= 4 is 11.3 Å². The smallest absolute Gasteiger partial charge is 0.0985 e. The Kier molecular flexibility index (Phi) is 4.44. The van der Waals surface area contributed by atoms with Crippen molar-refractivity contribution in [2.45, 2.75) is 77.8 Å². The van der Waals surface area contributed by atoms with Crippen molar-refractivity contribution in [3.05, 3.63) is 15.6 Å². The summed E-state index contributed by atoms with van der Waals surface area (Å²) in [6.45, 7) is 9.97. The molecule has 1 aliphatic rings. The molecule has 0 radical (unpaired) electrons. The van der Waals surface area contributed by atoms with Crippen LogP contribution in [0.3, 0.4) is 0 Å². The van der Waals surface area contributed by atoms with Crippen LogP contribution < -0.4 is 5.32 Å². The molecule has 2 rings (SSSR count). The van der Waals surface area contributed by atoms with Gasteiger partial charge in [0.15, 0.2) is 0 Å². The summed E-state index contributed by atoms with van der Waals surface area (Å²) in [6, 6.07) is 0.745. The van der Waals surface area contributed by atoms with E-state index in [0.717, 1.165) is 19.0 Å². The fraction of sp³-hybridized carbons (Fsp3) is 0.800. The van der Waals surface area contributed by atoms with Gasteiger partial charge in [-0.05, 0) is 19.3 Å². The van der Waals surface area contributed by atoms with Crippen LogP contribution in [0, 0.1) is 0 Å². The molecule has 3 heteroatoms. The molecule has 1 saturated carbocycles. The molecule has 102 valence electrons. The molecule has 0 amide bonds. The Morgan fingerprint density at radius 2 is 1.94 bits per heavy atom. The van der Waals surface area contributed by atoms with Gasteiger partial charge >= 0.3 is 0 Å². The Bertz CT molecular complexity index is 384. The van der Waals surface area contributed by atoms with Crippen LogP contribution >= 0.6 is 11.3 Å². The molecule has 0 saturated heterocycles. The van der Waals surface area contributed by atoms with Crippen molar-refractivity contribution in [2.75, 3.05) is 0 Å². The zero-order valence-electron chi connectivity index (χ0n) is 12.2. The number of rotatable bonds is 4. The van der Waals surface area contributed by atoms with Gasteiger partial charge in [0.05, 0.1) is 10.7 Å². The molecule has 0 spiro atoms. The normalized spacial score (nSPS) is 17.6. The van der Waals surface area contributed by atoms with Gasteiger partial charge in [0.2, 0.25) is 0 Å². The molecule has 2 nitrogen and oxygen atoms in total. The van der Waals surface area contributed by atoms with E-state index in [1.165, 1.54) is 41.3 Å². The van der Waals surface area contributed by atoms with Gasteiger partial charge in [0.25, 0.3) is 0 Å². The summed E-state index contributed by atoms with van der Waals surface area (Å²) >= 11 is 1.90. The third-order valence-electron chi connectivity index (χ3n) is 3.66. The molecule has 1 heterocycles. The summed E-state index contributed by atoms with van der Waals surface area (Å²) in [5.74, 6) is 0. The first kappa shape index (κ1) is 14.0. The number of aryl methyl sites for hydroxylation is 1. The molecule has 1 aromatic rings. The summed E-state index contributed by atoms with van der Waals surface area (Å²) < 4.78 is 0. The van der Waals surface area contributed by atoms with E-state index < -0.39 is 0 Å². The topological polar surface area (TPSA) is 24.9 Å². The van der Waals surface area contributed by atoms with Crippen LogP contribution in [0.5, 0.6) is 0 Å². The number of hydrogen-bond acceptors (Lipinski definition) is 3. The van der Waals surface area contributed by atoms with Gasteiger partial charge < -0.3 is 5.32 Å². The molecule has 0 unspecified atom stereocenters. The van der Waals surface area contributed by atoms with Crippen LogP contribution in [0.1, 0.15) is 69.0 Å². The maximum atomic E-state index is 4.82. The number of aromatic nitrogens is 1. The van der Waals surface area contributed by atoms with Crippen molar-refractivity contribution in [3.63, 3.8) is 0 Å². The summed E-state index contributed by atoms with van der Waals surface area (Å²) in [7, 11) is 0. The fourth-order valence-electron chi connectivity index (χ4n) is 2.49. The van der Waals surface area contributed by atoms with E-state index >= 15 is 0 Å². The van der Waals surface area contributed by atoms with Gasteiger partial charge in [-0.2, -0.15) is 0 Å². The summed E-state index contributed by atoms with van der Waals surface area (Å²) in [5, 5.41) is 4.99. The van der Waals surface area contributed by atoms with Crippen molar-refractivity contribution in [1.29, 1.82) is 0 Å². The van der Waals surface area contributed by atoms with E-state index in [0.29, 0.717) is 0 Å². The van der Waals surface area contributed by atoms with E-state index in [1.54, 1.807) is 0 Å². The SMILES string of the molecule is CCc1nc(C(C)(C)C)sc1CNC1CCCC1. The molecule has 0 atom stereocenters. The molecular formula is C15H26N2S. The first-order chi connectivity index (χ1) is 8.50. The van der Waals surface area contributed by atoms with Crippen molar-refractivity contribution in [1.82, 2.24) is 10.3 Å². The summed E-state index contributed by atoms with van der Waals surface area (Å²) in [5.41, 5.74) is 1.48. The molecule has 1 fully saturated rings. The lowest BCUT2D eigenvalue weighted by Gasteiger charge is -2.13. The number of nitrogens with zero attached hydrogens (tertiary/aromatic N) is 1. The third kappa shape index (κ3) is 3.33. The predicted molar refractivity (Wildman–Crippen MR) is 79.3 cm³/mol. The van der Waals surface area contributed by atoms with Crippen molar-refractivity contribution in [3.8, 4) is 0 Å². The Morgan fingerprint density at radius 3 is 2.50 bits per heavy atom. The van der Waals surface area contributed by atoms with Crippen LogP contribution in [0.4, 0.5) is 0 Å². The van der Waals surface area contributed by atoms with Crippen LogP contribution in [0.15, 0.2) is 0 Å². The first-order valence-corrected chi connectivity index (χ1v) is 8.04. The first-order valence-electron chi connectivity index (χ1n) is 7.23. The number of nitrogens with one attached hydrogen (secondary N) is 1. The second kappa shape index (κ2) is 5.70. The van der Waals surface area contributed by atoms with E-state index in [1.807, 2.05) is 11.3 Å². The molecule has 0 aliphatic heterocycles. The van der Waals surface area contributed by atoms with Crippen LogP contribution in [0.25, 0.3) is 0 Å². The highest BCUT2D eigenvalue weighted by Gasteiger charge is 2.21. The second-order valence-corrected chi connectivity index (χ2v) is 7.44. The third-order valence-corrected chi connectivity index (χ3v) is 5.18. The minimum Gasteiger partial charge on any atom is -0.309 e. The van der Waals surface area contributed by atoms with Gasteiger partial charge in [-0.1, -0.05) is 40.5 Å². The lowest BCUT2D eigenvalue weighted by Crippen LogP contribution is -2.25. The standard InChI is InChI=1S/C15H26N2S/c1-5-12-13(10-16-11-8-6-7-9-11)18-14(17-12)15(2,3)4/h11,16H,5-10H2,1-4H3. The van der Waals surface area contributed by atoms with Crippen molar-refractivity contribution in [2.24, 2.45) is 0 Å². The minimum absolute atomic E-state index is 0.181. The molecule has 1 aliphatic carbocycles. The maximum Gasteiger partial charge on any atom is 0.0985 e. The zero-order valence-corrected chi connectivity index (χ0v) is 13.0. The lowest BCUT2D eigenvalue weighted by molar-refractivity contribution is 0.525. The Balaban J connectivity index is 2.04. The van der Waals surface area contributed by atoms with E-state index in [2.05, 4.69) is 33.0 Å². The largest absolute Gasteiger partial charge is 0.309 e. The van der Waals surface area contributed by atoms with E-state index in [4.69, 9.17) is 4.98 Å². The Morgan fingerprint density at radius 1 is 1.28 bits per heavy atom. The highest BCUT2D eigenvalue weighted by Crippen LogP contribution is 2.30. The molecule has 18 heavy (non-hydrogen) atoms. The zero-order chi connectivity index (χ0) is 13.2. The highest BCUT2D eigenvalue weighted by molar-refractivity contribution is 7.11. The predicted octanol–water partition coefficient (Wildman–Crippen LogP) is 4.04. The Labute approximate surface area is 115 Å². The van der Waals surface area contributed by atoms with E-state index in [9.17, 15) is 0 Å². The van der Waals surface area contributed by atoms with Crippen LogP contribution in [-0.4, -0.2) is 11.0 Å². The molecule has 1 aromatic heterocycles. The highest BCUT2D eigenvalue weighted by atomic mass is 32.1. The van der Waals surface area contributed by atoms with Crippen LogP contribution in [0.2, 0.25) is 0 Å². The van der Waals surface area contributed by atoms with Gasteiger partial charge in [-0.25, -0.2) is 4.98 Å². The number of hydrogen-bond donors (Lipinski definition) is 1. The maximum absolute atomic E-state index is 4.82. The Hall–Kier alpha value is -0.410. The molecular weight excluding hydrogens is 240 g/mol. The van der Waals surface area contributed by atoms with Gasteiger partial charge in [0, 0.05) is 22.9 Å².